The Bertz CT molecular complexity index is 256. The van der Waals surface area contributed by atoms with Gasteiger partial charge in [0.1, 0.15) is 0 Å². The topological polar surface area (TPSA) is 17.1 Å². The van der Waals surface area contributed by atoms with Crippen molar-refractivity contribution in [2.45, 2.75) is 24.2 Å². The Morgan fingerprint density at radius 1 is 1.31 bits per heavy atom. The molecular weight excluding hydrogens is 276 g/mol. The van der Waals surface area contributed by atoms with Crippen molar-refractivity contribution in [1.82, 2.24) is 0 Å². The molecular formula is C11H14OTe. The molecule has 1 nitrogen and oxygen atoms in total. The van der Waals surface area contributed by atoms with Crippen LogP contribution in [0.1, 0.15) is 19.8 Å². The Morgan fingerprint density at radius 3 is 2.62 bits per heavy atom. The molecule has 0 fully saturated rings. The molecule has 0 amide bonds. The fraction of sp³-hybridized carbons (Fsp3) is 0.364. The summed E-state index contributed by atoms with van der Waals surface area (Å²) in [6.45, 7) is 1.67. The van der Waals surface area contributed by atoms with Crippen molar-refractivity contribution in [1.29, 1.82) is 0 Å². The third kappa shape index (κ3) is 5.08. The zero-order valence-electron chi connectivity index (χ0n) is 7.82. The Kier molecular flexibility index (Phi) is 5.12. The van der Waals surface area contributed by atoms with Gasteiger partial charge in [-0.15, -0.1) is 0 Å². The molecule has 1 rings (SSSR count). The van der Waals surface area contributed by atoms with E-state index in [0.717, 1.165) is 12.8 Å². The van der Waals surface area contributed by atoms with Crippen LogP contribution in [0.4, 0.5) is 0 Å². The standard InChI is InChI=1S/C11H14OTe/c1-10(12)6-5-9-13-11-7-3-2-4-8-11/h2-4,7-8H,5-6,9H2,1H3. The molecule has 0 aliphatic carbocycles. The molecule has 0 unspecified atom stereocenters. The number of carbonyl (C=O) groups excluding carboxylic acids is 1. The summed E-state index contributed by atoms with van der Waals surface area (Å²) in [6.07, 6.45) is 1.84. The van der Waals surface area contributed by atoms with E-state index in [0.29, 0.717) is 5.78 Å². The summed E-state index contributed by atoms with van der Waals surface area (Å²) in [4.78, 5) is 10.7. The van der Waals surface area contributed by atoms with E-state index in [-0.39, 0.29) is 20.9 Å². The van der Waals surface area contributed by atoms with E-state index in [1.54, 1.807) is 6.92 Å². The molecule has 0 bridgehead atoms. The Hall–Kier alpha value is -0.320. The van der Waals surface area contributed by atoms with Crippen LogP contribution in [0.15, 0.2) is 30.3 Å². The van der Waals surface area contributed by atoms with Gasteiger partial charge < -0.3 is 0 Å². The van der Waals surface area contributed by atoms with Crippen LogP contribution in [-0.2, 0) is 4.79 Å². The van der Waals surface area contributed by atoms with Gasteiger partial charge in [-0.1, -0.05) is 0 Å². The minimum atomic E-state index is -0.0299. The van der Waals surface area contributed by atoms with Crippen LogP contribution < -0.4 is 3.61 Å². The van der Waals surface area contributed by atoms with Crippen molar-refractivity contribution in [3.05, 3.63) is 30.3 Å². The first-order valence-corrected chi connectivity index (χ1v) is 7.27. The van der Waals surface area contributed by atoms with Gasteiger partial charge in [0.15, 0.2) is 0 Å². The van der Waals surface area contributed by atoms with Gasteiger partial charge in [-0.3, -0.25) is 0 Å². The van der Waals surface area contributed by atoms with E-state index in [2.05, 4.69) is 24.3 Å². The summed E-state index contributed by atoms with van der Waals surface area (Å²) in [5.74, 6) is 0.320. The fourth-order valence-electron chi connectivity index (χ4n) is 1.03. The molecule has 0 radical (unpaired) electrons. The van der Waals surface area contributed by atoms with E-state index in [9.17, 15) is 4.79 Å². The molecule has 0 heterocycles. The molecule has 0 N–H and O–H groups in total. The van der Waals surface area contributed by atoms with E-state index in [4.69, 9.17) is 0 Å². The van der Waals surface area contributed by atoms with Gasteiger partial charge >= 0.3 is 89.7 Å². The zero-order chi connectivity index (χ0) is 9.52. The number of carbonyl (C=O) groups is 1. The normalized spacial score (nSPS) is 9.92. The molecule has 0 atom stereocenters. The van der Waals surface area contributed by atoms with Crippen molar-refractivity contribution in [3.8, 4) is 0 Å². The van der Waals surface area contributed by atoms with E-state index >= 15 is 0 Å². The van der Waals surface area contributed by atoms with Crippen molar-refractivity contribution in [3.63, 3.8) is 0 Å². The van der Waals surface area contributed by atoms with E-state index in [1.807, 2.05) is 6.07 Å². The SMILES string of the molecule is CC(=O)CCC[Te]c1ccccc1. The van der Waals surface area contributed by atoms with Gasteiger partial charge in [0.2, 0.25) is 0 Å². The van der Waals surface area contributed by atoms with Gasteiger partial charge in [0.25, 0.3) is 0 Å². The van der Waals surface area contributed by atoms with Crippen LogP contribution in [0, 0.1) is 0 Å². The molecule has 0 aliphatic heterocycles. The summed E-state index contributed by atoms with van der Waals surface area (Å²) in [6, 6.07) is 10.6. The number of benzene rings is 1. The Labute approximate surface area is 89.6 Å². The molecule has 0 spiro atoms. The molecule has 0 saturated carbocycles. The predicted octanol–water partition coefficient (Wildman–Crippen LogP) is 1.80. The summed E-state index contributed by atoms with van der Waals surface area (Å²) in [5, 5.41) is 0. The van der Waals surface area contributed by atoms with Crippen molar-refractivity contribution in [2.24, 2.45) is 0 Å². The molecule has 70 valence electrons. The number of Topliss-reactive ketones (excluding diaryl/α,β-unsaturated/α-hetero) is 1. The fourth-order valence-corrected chi connectivity index (χ4v) is 3.52. The summed E-state index contributed by atoms with van der Waals surface area (Å²) in [5.41, 5.74) is 0. The zero-order valence-corrected chi connectivity index (χ0v) is 10.2. The van der Waals surface area contributed by atoms with Crippen molar-refractivity contribution >= 4 is 30.3 Å². The quantitative estimate of drug-likeness (QED) is 0.597. The predicted molar refractivity (Wildman–Crippen MR) is 56.6 cm³/mol. The second-order valence-electron chi connectivity index (χ2n) is 2.97. The maximum atomic E-state index is 10.7. The molecule has 13 heavy (non-hydrogen) atoms. The van der Waals surface area contributed by atoms with Gasteiger partial charge in [-0.05, 0) is 0 Å². The van der Waals surface area contributed by atoms with Crippen molar-refractivity contribution < 1.29 is 4.79 Å². The Balaban J connectivity index is 2.17. The van der Waals surface area contributed by atoms with E-state index < -0.39 is 0 Å². The average Bonchev–Trinajstić information content (AvgIpc) is 2.14. The van der Waals surface area contributed by atoms with Crippen LogP contribution in [0.2, 0.25) is 4.47 Å². The van der Waals surface area contributed by atoms with Crippen LogP contribution in [-0.4, -0.2) is 26.7 Å². The first-order chi connectivity index (χ1) is 6.29. The monoisotopic (exact) mass is 292 g/mol. The third-order valence-electron chi connectivity index (χ3n) is 1.69. The molecule has 1 aromatic rings. The number of hydrogen-bond donors (Lipinski definition) is 0. The van der Waals surface area contributed by atoms with Crippen LogP contribution in [0.5, 0.6) is 0 Å². The Morgan fingerprint density at radius 2 is 2.00 bits per heavy atom. The number of hydrogen-bond acceptors (Lipinski definition) is 1. The van der Waals surface area contributed by atoms with E-state index in [1.165, 1.54) is 8.08 Å². The van der Waals surface area contributed by atoms with Gasteiger partial charge in [0.05, 0.1) is 0 Å². The summed E-state index contributed by atoms with van der Waals surface area (Å²) >= 11 is -0.0299. The summed E-state index contributed by atoms with van der Waals surface area (Å²) < 4.78 is 2.74. The van der Waals surface area contributed by atoms with Crippen LogP contribution in [0.3, 0.4) is 0 Å². The second kappa shape index (κ2) is 6.18. The van der Waals surface area contributed by atoms with Gasteiger partial charge in [-0.2, -0.15) is 0 Å². The third-order valence-corrected chi connectivity index (χ3v) is 4.82. The molecule has 0 aromatic heterocycles. The number of ketones is 1. The molecule has 0 saturated heterocycles. The first kappa shape index (κ1) is 10.8. The second-order valence-corrected chi connectivity index (χ2v) is 6.30. The summed E-state index contributed by atoms with van der Waals surface area (Å²) in [7, 11) is 0. The minimum absolute atomic E-state index is 0.0299. The van der Waals surface area contributed by atoms with Gasteiger partial charge in [-0.25, -0.2) is 0 Å². The molecule has 0 aliphatic rings. The average molecular weight is 290 g/mol. The van der Waals surface area contributed by atoms with Crippen LogP contribution >= 0.6 is 0 Å². The molecule has 1 aromatic carbocycles. The maximum absolute atomic E-state index is 10.7. The number of rotatable bonds is 5. The van der Waals surface area contributed by atoms with Gasteiger partial charge in [0, 0.05) is 0 Å². The van der Waals surface area contributed by atoms with Crippen LogP contribution in [0.25, 0.3) is 0 Å². The first-order valence-electron chi connectivity index (χ1n) is 4.46. The molecule has 2 heteroatoms. The van der Waals surface area contributed by atoms with Crippen molar-refractivity contribution in [2.75, 3.05) is 0 Å².